The Bertz CT molecular complexity index is 900. The zero-order chi connectivity index (χ0) is 20.8. The molecule has 0 atom stereocenters. The van der Waals surface area contributed by atoms with Crippen LogP contribution in [0, 0.1) is 0 Å². The summed E-state index contributed by atoms with van der Waals surface area (Å²) in [5.41, 5.74) is 2.39. The molecule has 1 N–H and O–H groups in total. The van der Waals surface area contributed by atoms with Crippen LogP contribution in [-0.4, -0.2) is 36.8 Å². The molecule has 1 heterocycles. The van der Waals surface area contributed by atoms with Crippen molar-refractivity contribution in [3.63, 3.8) is 0 Å². The van der Waals surface area contributed by atoms with Crippen LogP contribution in [0.3, 0.4) is 0 Å². The molecule has 1 aliphatic heterocycles. The van der Waals surface area contributed by atoms with Crippen LogP contribution in [0.5, 0.6) is 5.75 Å². The summed E-state index contributed by atoms with van der Waals surface area (Å²) in [7, 11) is 1.68. The van der Waals surface area contributed by atoms with E-state index in [0.29, 0.717) is 0 Å². The first-order chi connectivity index (χ1) is 14.7. The van der Waals surface area contributed by atoms with Crippen LogP contribution in [-0.2, 0) is 12.0 Å². The van der Waals surface area contributed by atoms with Gasteiger partial charge in [0.1, 0.15) is 11.4 Å². The van der Waals surface area contributed by atoms with Crippen molar-refractivity contribution in [1.29, 1.82) is 0 Å². The molecule has 164 valence electrons. The molecule has 31 heavy (non-hydrogen) atoms. The van der Waals surface area contributed by atoms with Gasteiger partial charge in [0.25, 0.3) is 0 Å². The first kappa shape index (κ1) is 23.3. The highest BCUT2D eigenvalue weighted by Crippen LogP contribution is 2.41. The Morgan fingerprint density at radius 3 is 1.97 bits per heavy atom. The second-order valence-electron chi connectivity index (χ2n) is 8.13. The van der Waals surface area contributed by atoms with Crippen LogP contribution < -0.4 is 4.74 Å². The largest absolute Gasteiger partial charge is 0.496 e. The lowest BCUT2D eigenvalue weighted by Gasteiger charge is -2.32. The number of ether oxygens (including phenoxy) is 1. The lowest BCUT2D eigenvalue weighted by molar-refractivity contribution is 0.122. The molecule has 1 fully saturated rings. The predicted octanol–water partition coefficient (Wildman–Crippen LogP) is 5.43. The zero-order valence-corrected chi connectivity index (χ0v) is 19.0. The summed E-state index contributed by atoms with van der Waals surface area (Å²) in [5, 5.41) is 12.1. The van der Waals surface area contributed by atoms with E-state index in [1.807, 2.05) is 66.7 Å². The molecule has 0 radical (unpaired) electrons. The number of aliphatic hydroxyl groups is 1. The monoisotopic (exact) mass is 437 g/mol. The molecule has 1 aliphatic rings. The molecule has 3 aromatic rings. The Morgan fingerprint density at radius 1 is 0.839 bits per heavy atom. The van der Waals surface area contributed by atoms with E-state index in [2.05, 4.69) is 17.0 Å². The Balaban J connectivity index is 0.00000272. The summed E-state index contributed by atoms with van der Waals surface area (Å²) in [4.78, 5) is 2.55. The van der Waals surface area contributed by atoms with Crippen molar-refractivity contribution < 1.29 is 9.84 Å². The lowest BCUT2D eigenvalue weighted by atomic mass is 9.79. The van der Waals surface area contributed by atoms with Crippen molar-refractivity contribution in [3.8, 4) is 5.75 Å². The number of hydrogen-bond donors (Lipinski definition) is 1. The maximum atomic E-state index is 12.1. The number of likely N-dealkylation sites (tertiary alicyclic amines) is 1. The molecule has 0 unspecified atom stereocenters. The van der Waals surface area contributed by atoms with Gasteiger partial charge in [-0.25, -0.2) is 0 Å². The average Bonchev–Trinajstić information content (AvgIpc) is 2.84. The highest BCUT2D eigenvalue weighted by atomic mass is 35.5. The van der Waals surface area contributed by atoms with Crippen molar-refractivity contribution in [2.24, 2.45) is 0 Å². The molecule has 4 rings (SSSR count). The van der Waals surface area contributed by atoms with Gasteiger partial charge in [0.2, 0.25) is 0 Å². The summed E-state index contributed by atoms with van der Waals surface area (Å²) in [6.45, 7) is 3.48. The van der Waals surface area contributed by atoms with Gasteiger partial charge in [-0.15, -0.1) is 12.4 Å². The summed E-state index contributed by atoms with van der Waals surface area (Å²) in [5.74, 6) is 0.723. The van der Waals surface area contributed by atoms with Crippen LogP contribution >= 0.6 is 12.4 Å². The van der Waals surface area contributed by atoms with Crippen molar-refractivity contribution in [2.45, 2.75) is 31.3 Å². The second-order valence-corrected chi connectivity index (χ2v) is 8.13. The van der Waals surface area contributed by atoms with Gasteiger partial charge in [-0.3, -0.25) is 0 Å². The van der Waals surface area contributed by atoms with Crippen LogP contribution in [0.2, 0.25) is 0 Å². The molecule has 0 aliphatic carbocycles. The first-order valence-electron chi connectivity index (χ1n) is 10.9. The van der Waals surface area contributed by atoms with Crippen molar-refractivity contribution in [1.82, 2.24) is 4.90 Å². The van der Waals surface area contributed by atoms with Crippen molar-refractivity contribution >= 4 is 12.4 Å². The Labute approximate surface area is 192 Å². The predicted molar refractivity (Wildman–Crippen MR) is 129 cm³/mol. The van der Waals surface area contributed by atoms with Crippen molar-refractivity contribution in [3.05, 3.63) is 101 Å². The van der Waals surface area contributed by atoms with E-state index in [0.717, 1.165) is 35.4 Å². The number of piperidine rings is 1. The SMILES string of the molecule is COc1cc(CCN2CCCCC2)ccc1C(O)(c1ccccc1)c1ccccc1.Cl. The number of halogens is 1. The van der Waals surface area contributed by atoms with Crippen molar-refractivity contribution in [2.75, 3.05) is 26.7 Å². The number of methoxy groups -OCH3 is 1. The highest BCUT2D eigenvalue weighted by Gasteiger charge is 2.36. The van der Waals surface area contributed by atoms with Gasteiger partial charge in [-0.05, 0) is 55.1 Å². The molecule has 4 heteroatoms. The Hall–Kier alpha value is -2.33. The highest BCUT2D eigenvalue weighted by molar-refractivity contribution is 5.85. The number of rotatable bonds is 7. The van der Waals surface area contributed by atoms with Crippen LogP contribution in [0.25, 0.3) is 0 Å². The first-order valence-corrected chi connectivity index (χ1v) is 10.9. The van der Waals surface area contributed by atoms with Gasteiger partial charge in [0.05, 0.1) is 7.11 Å². The topological polar surface area (TPSA) is 32.7 Å². The minimum Gasteiger partial charge on any atom is -0.496 e. The van der Waals surface area contributed by atoms with E-state index in [4.69, 9.17) is 4.74 Å². The van der Waals surface area contributed by atoms with Gasteiger partial charge in [0.15, 0.2) is 0 Å². The van der Waals surface area contributed by atoms with E-state index in [9.17, 15) is 5.11 Å². The minimum absolute atomic E-state index is 0. The normalized spacial score (nSPS) is 14.6. The molecule has 0 spiro atoms. The molecule has 0 saturated carbocycles. The molecule has 3 aromatic carbocycles. The third-order valence-corrected chi connectivity index (χ3v) is 6.20. The van der Waals surface area contributed by atoms with E-state index in [-0.39, 0.29) is 12.4 Å². The lowest BCUT2D eigenvalue weighted by Crippen LogP contribution is -2.31. The molecule has 0 bridgehead atoms. The fourth-order valence-electron chi connectivity index (χ4n) is 4.50. The zero-order valence-electron chi connectivity index (χ0n) is 18.2. The number of benzene rings is 3. The van der Waals surface area contributed by atoms with Gasteiger partial charge in [-0.1, -0.05) is 79.2 Å². The smallest absolute Gasteiger partial charge is 0.144 e. The minimum atomic E-state index is -1.28. The van der Waals surface area contributed by atoms with Gasteiger partial charge in [-0.2, -0.15) is 0 Å². The summed E-state index contributed by atoms with van der Waals surface area (Å²) in [6.07, 6.45) is 4.97. The van der Waals surface area contributed by atoms with Gasteiger partial charge in [0, 0.05) is 12.1 Å². The molecule has 3 nitrogen and oxygen atoms in total. The molecular formula is C27H32ClNO2. The van der Waals surface area contributed by atoms with Gasteiger partial charge < -0.3 is 14.7 Å². The summed E-state index contributed by atoms with van der Waals surface area (Å²) < 4.78 is 5.79. The molecule has 0 amide bonds. The second kappa shape index (κ2) is 10.8. The number of nitrogens with zero attached hydrogens (tertiary/aromatic N) is 1. The molecule has 1 saturated heterocycles. The Morgan fingerprint density at radius 2 is 1.42 bits per heavy atom. The van der Waals surface area contributed by atoms with E-state index in [1.165, 1.54) is 37.9 Å². The maximum Gasteiger partial charge on any atom is 0.144 e. The fourth-order valence-corrected chi connectivity index (χ4v) is 4.50. The summed E-state index contributed by atoms with van der Waals surface area (Å²) >= 11 is 0. The van der Waals surface area contributed by atoms with Crippen LogP contribution in [0.15, 0.2) is 78.9 Å². The van der Waals surface area contributed by atoms with E-state index >= 15 is 0 Å². The summed E-state index contributed by atoms with van der Waals surface area (Å²) in [6, 6.07) is 25.9. The molecular weight excluding hydrogens is 406 g/mol. The Kier molecular flexibility index (Phi) is 8.14. The van der Waals surface area contributed by atoms with Crippen LogP contribution in [0.1, 0.15) is 41.5 Å². The van der Waals surface area contributed by atoms with Crippen LogP contribution in [0.4, 0.5) is 0 Å². The quantitative estimate of drug-likeness (QED) is 0.500. The third-order valence-electron chi connectivity index (χ3n) is 6.20. The standard InChI is InChI=1S/C27H31NO2.ClH/c1-30-26-21-22(17-20-28-18-9-4-10-19-28)15-16-25(26)27(29,23-11-5-2-6-12-23)24-13-7-3-8-14-24;/h2-3,5-8,11-16,21,29H,4,9-10,17-20H2,1H3;1H. The average molecular weight is 438 g/mol. The number of hydrogen-bond acceptors (Lipinski definition) is 3. The van der Waals surface area contributed by atoms with Gasteiger partial charge >= 0.3 is 0 Å². The fraction of sp³-hybridized carbons (Fsp3) is 0.333. The third kappa shape index (κ3) is 5.12. The van der Waals surface area contributed by atoms with E-state index < -0.39 is 5.60 Å². The molecule has 0 aromatic heterocycles. The van der Waals surface area contributed by atoms with E-state index in [1.54, 1.807) is 7.11 Å². The maximum absolute atomic E-state index is 12.1.